The third-order valence-electron chi connectivity index (χ3n) is 5.35. The number of ether oxygens (including phenoxy) is 4. The third kappa shape index (κ3) is 5.22. The molecule has 2 aromatic carbocycles. The van der Waals surface area contributed by atoms with Gasteiger partial charge in [-0.2, -0.15) is 4.28 Å². The monoisotopic (exact) mass is 489 g/mol. The second kappa shape index (κ2) is 10.7. The van der Waals surface area contributed by atoms with Crippen LogP contribution < -0.4 is 19.5 Å². The van der Waals surface area contributed by atoms with Gasteiger partial charge in [0.15, 0.2) is 17.3 Å². The second-order valence-corrected chi connectivity index (χ2v) is 8.20. The summed E-state index contributed by atoms with van der Waals surface area (Å²) >= 11 is 3.94. The van der Waals surface area contributed by atoms with Gasteiger partial charge < -0.3 is 18.9 Å². The van der Waals surface area contributed by atoms with Crippen molar-refractivity contribution in [1.82, 2.24) is 0 Å². The van der Waals surface area contributed by atoms with E-state index >= 15 is 0 Å². The number of hydrogen-bond acceptors (Lipinski definition) is 8. The van der Waals surface area contributed by atoms with Crippen molar-refractivity contribution < 1.29 is 37.6 Å². The van der Waals surface area contributed by atoms with Gasteiger partial charge in [0.05, 0.1) is 26.5 Å². The predicted octanol–water partition coefficient (Wildman–Crippen LogP) is 5.05. The number of para-hydroxylation sites is 1. The quantitative estimate of drug-likeness (QED) is 0.0917. The zero-order valence-corrected chi connectivity index (χ0v) is 20.7. The summed E-state index contributed by atoms with van der Waals surface area (Å²) in [6.07, 6.45) is 2.43. The van der Waals surface area contributed by atoms with Gasteiger partial charge in [-0.05, 0) is 39.3 Å². The number of Topliss-reactive ketones (excluding diaryl/α,β-unsaturated/α-hetero) is 1. The number of nitrogens with zero attached hydrogens (tertiary/aromatic N) is 1. The van der Waals surface area contributed by atoms with E-state index in [1.807, 2.05) is 26.0 Å². The summed E-state index contributed by atoms with van der Waals surface area (Å²) in [7, 11) is 2.97. The van der Waals surface area contributed by atoms with Gasteiger partial charge >= 0.3 is 6.09 Å². The Morgan fingerprint density at radius 2 is 1.94 bits per heavy atom. The smallest absolute Gasteiger partial charge is 0.412 e. The van der Waals surface area contributed by atoms with E-state index < -0.39 is 11.7 Å². The molecule has 1 heterocycles. The molecule has 0 saturated heterocycles. The Bertz CT molecular complexity index is 1110. The molecular weight excluding hydrogens is 460 g/mol. The molecule has 1 aliphatic heterocycles. The van der Waals surface area contributed by atoms with Gasteiger partial charge in [-0.3, -0.25) is 10.1 Å². The van der Waals surface area contributed by atoms with Crippen LogP contribution in [0.1, 0.15) is 49.5 Å². The first-order chi connectivity index (χ1) is 16.2. The molecule has 0 unspecified atom stereocenters. The van der Waals surface area contributed by atoms with E-state index in [0.29, 0.717) is 53.6 Å². The molecule has 3 rings (SSSR count). The van der Waals surface area contributed by atoms with Crippen LogP contribution in [0.2, 0.25) is 0 Å². The van der Waals surface area contributed by atoms with Gasteiger partial charge in [-0.1, -0.05) is 12.1 Å². The largest absolute Gasteiger partial charge is 0.493 e. The third-order valence-corrected chi connectivity index (χ3v) is 5.53. The summed E-state index contributed by atoms with van der Waals surface area (Å²) in [5.41, 5.74) is 1.51. The Morgan fingerprint density at radius 3 is 2.59 bits per heavy atom. The van der Waals surface area contributed by atoms with E-state index in [-0.39, 0.29) is 5.78 Å². The molecule has 0 radical (unpaired) electrons. The molecule has 0 fully saturated rings. The summed E-state index contributed by atoms with van der Waals surface area (Å²) < 4.78 is 28.6. The van der Waals surface area contributed by atoms with Crippen molar-refractivity contribution in [3.05, 3.63) is 41.5 Å². The highest BCUT2D eigenvalue weighted by molar-refractivity contribution is 7.74. The number of anilines is 1. The summed E-state index contributed by atoms with van der Waals surface area (Å²) in [4.78, 5) is 24.3. The lowest BCUT2D eigenvalue weighted by Gasteiger charge is -2.33. The van der Waals surface area contributed by atoms with Crippen LogP contribution in [0.25, 0.3) is 0 Å². The normalized spacial score (nSPS) is 14.4. The number of benzene rings is 2. The topological polar surface area (TPSA) is 95.3 Å². The molecule has 182 valence electrons. The first-order valence-corrected chi connectivity index (χ1v) is 11.1. The predicted molar refractivity (Wildman–Crippen MR) is 130 cm³/mol. The van der Waals surface area contributed by atoms with Crippen LogP contribution in [0.15, 0.2) is 30.3 Å². The van der Waals surface area contributed by atoms with Crippen molar-refractivity contribution in [2.45, 2.75) is 39.2 Å². The number of nitrogens with one attached hydrogen (secondary N) is 1. The maximum absolute atomic E-state index is 12.3. The fourth-order valence-corrected chi connectivity index (χ4v) is 3.94. The lowest BCUT2D eigenvalue weighted by molar-refractivity contribution is -0.672. The molecule has 0 saturated carbocycles. The molecular formula is C24H29N2O7S+. The minimum Gasteiger partial charge on any atom is -0.493 e. The number of amides is 1. The summed E-state index contributed by atoms with van der Waals surface area (Å²) in [6.45, 7) is 5.49. The van der Waals surface area contributed by atoms with Gasteiger partial charge in [0.2, 0.25) is 6.21 Å². The molecule has 1 aliphatic rings. The van der Waals surface area contributed by atoms with Crippen molar-refractivity contribution in [3.8, 4) is 17.2 Å². The number of methoxy groups -OCH3 is 2. The highest BCUT2D eigenvalue weighted by Crippen LogP contribution is 2.41. The van der Waals surface area contributed by atoms with E-state index in [1.54, 1.807) is 24.4 Å². The Balaban J connectivity index is 1.72. The molecule has 1 N–H and O–H groups in total. The molecule has 0 aromatic heterocycles. The molecule has 10 heteroatoms. The van der Waals surface area contributed by atoms with Gasteiger partial charge in [0.1, 0.15) is 29.8 Å². The van der Waals surface area contributed by atoms with Crippen molar-refractivity contribution in [2.75, 3.05) is 26.1 Å². The SMILES string of the molecule is COc1ccc([N+](=CCCCOc2cccc3c2NC(=O)OC3(C)C)OS)c(C(C)=O)c1OC. The van der Waals surface area contributed by atoms with E-state index in [0.717, 1.165) is 5.56 Å². The van der Waals surface area contributed by atoms with Gasteiger partial charge in [-0.25, -0.2) is 4.79 Å². The van der Waals surface area contributed by atoms with Gasteiger partial charge in [0, 0.05) is 22.8 Å². The molecule has 1 amide bonds. The van der Waals surface area contributed by atoms with Crippen molar-refractivity contribution in [1.29, 1.82) is 0 Å². The maximum Gasteiger partial charge on any atom is 0.412 e. The number of fused-ring (bicyclic) bond motifs is 1. The number of carbonyl (C=O) groups is 2. The average Bonchev–Trinajstić information content (AvgIpc) is 2.80. The molecule has 0 bridgehead atoms. The molecule has 34 heavy (non-hydrogen) atoms. The maximum atomic E-state index is 12.3. The fraction of sp³-hybridized carbons (Fsp3) is 0.375. The van der Waals surface area contributed by atoms with Crippen molar-refractivity contribution in [3.63, 3.8) is 0 Å². The first-order valence-electron chi connectivity index (χ1n) is 10.7. The number of ketones is 1. The van der Waals surface area contributed by atoms with E-state index in [2.05, 4.69) is 18.2 Å². The Labute approximate surface area is 204 Å². The number of hydrogen-bond donors (Lipinski definition) is 2. The summed E-state index contributed by atoms with van der Waals surface area (Å²) in [5, 5.41) is 2.72. The zero-order chi connectivity index (χ0) is 24.9. The van der Waals surface area contributed by atoms with Crippen LogP contribution in [0.5, 0.6) is 17.2 Å². The van der Waals surface area contributed by atoms with Crippen LogP contribution in [0.4, 0.5) is 16.2 Å². The van der Waals surface area contributed by atoms with E-state index in [1.165, 1.54) is 25.9 Å². The second-order valence-electron chi connectivity index (χ2n) is 8.04. The molecule has 0 spiro atoms. The van der Waals surface area contributed by atoms with E-state index in [4.69, 9.17) is 23.2 Å². The zero-order valence-electron chi connectivity index (χ0n) is 19.8. The van der Waals surface area contributed by atoms with Crippen LogP contribution in [0.3, 0.4) is 0 Å². The lowest BCUT2D eigenvalue weighted by atomic mass is 9.94. The Hall–Kier alpha value is -3.40. The van der Waals surface area contributed by atoms with Crippen molar-refractivity contribution in [2.24, 2.45) is 0 Å². The molecule has 0 atom stereocenters. The number of carbonyl (C=O) groups excluding carboxylic acids is 2. The summed E-state index contributed by atoms with van der Waals surface area (Å²) in [5.74, 6) is 1.13. The van der Waals surface area contributed by atoms with Crippen LogP contribution in [-0.2, 0) is 14.6 Å². The van der Waals surface area contributed by atoms with E-state index in [9.17, 15) is 9.59 Å². The van der Waals surface area contributed by atoms with Gasteiger partial charge in [0.25, 0.3) is 5.69 Å². The number of rotatable bonds is 10. The fourth-order valence-electron chi connectivity index (χ4n) is 3.79. The molecule has 9 nitrogen and oxygen atoms in total. The Morgan fingerprint density at radius 1 is 1.18 bits per heavy atom. The Kier molecular flexibility index (Phi) is 7.93. The highest BCUT2D eigenvalue weighted by atomic mass is 32.1. The highest BCUT2D eigenvalue weighted by Gasteiger charge is 2.35. The first kappa shape index (κ1) is 25.2. The standard InChI is InChI=1S/C24H28N2O7S/c1-15(27)20-17(11-12-19(29-4)22(20)30-5)26(33-34)13-6-7-14-31-18-10-8-9-16-21(18)25-23(28)32-24(16,2)3/h8-13H,6-7,14H2,1-5H3,(H-,25,28,34)/p+1. The average molecular weight is 490 g/mol. The van der Waals surface area contributed by atoms with Crippen molar-refractivity contribution >= 4 is 42.4 Å². The minimum absolute atomic E-state index is 0.208. The number of thiol groups is 1. The number of unbranched alkanes of at least 4 members (excludes halogenated alkanes) is 1. The molecule has 0 aliphatic carbocycles. The summed E-state index contributed by atoms with van der Waals surface area (Å²) in [6, 6.07) is 8.95. The van der Waals surface area contributed by atoms with Crippen LogP contribution in [0, 0.1) is 0 Å². The molecule has 2 aromatic rings. The van der Waals surface area contributed by atoms with Crippen LogP contribution in [-0.4, -0.2) is 43.7 Å². The van der Waals surface area contributed by atoms with Gasteiger partial charge in [-0.15, -0.1) is 0 Å². The lowest BCUT2D eigenvalue weighted by Crippen LogP contribution is -2.34. The minimum atomic E-state index is -0.747. The number of cyclic esters (lactones) is 1. The van der Waals surface area contributed by atoms with Crippen LogP contribution >= 0.6 is 12.9 Å².